The summed E-state index contributed by atoms with van der Waals surface area (Å²) in [4.78, 5) is 18.5. The highest BCUT2D eigenvalue weighted by atomic mass is 19.4. The number of aryl methyl sites for hydroxylation is 1. The first-order chi connectivity index (χ1) is 15.2. The molecule has 1 aliphatic heterocycles. The maximum absolute atomic E-state index is 13.0. The van der Waals surface area contributed by atoms with Gasteiger partial charge in [-0.1, -0.05) is 35.9 Å². The molecular formula is C23H25F3N4O2. The van der Waals surface area contributed by atoms with Crippen LogP contribution in [0.5, 0.6) is 5.75 Å². The van der Waals surface area contributed by atoms with Gasteiger partial charge in [-0.25, -0.2) is 9.78 Å². The Balaban J connectivity index is 0.000000352. The lowest BCUT2D eigenvalue weighted by Crippen LogP contribution is -2.50. The normalized spacial score (nSPS) is 14.0. The molecule has 2 heterocycles. The number of benzene rings is 2. The van der Waals surface area contributed by atoms with Gasteiger partial charge in [-0.3, -0.25) is 0 Å². The number of carbonyl (C=O) groups excluding carboxylic acids is 1. The number of hydrogen-bond acceptors (Lipinski definition) is 4. The zero-order chi connectivity index (χ0) is 23.3. The monoisotopic (exact) mass is 446 g/mol. The Kier molecular flexibility index (Phi) is 7.07. The topological polar surface area (TPSA) is 71.7 Å². The van der Waals surface area contributed by atoms with Gasteiger partial charge in [-0.15, -0.1) is 0 Å². The van der Waals surface area contributed by atoms with Gasteiger partial charge in [0.05, 0.1) is 7.11 Å². The van der Waals surface area contributed by atoms with Gasteiger partial charge in [-0.05, 0) is 31.2 Å². The van der Waals surface area contributed by atoms with Crippen molar-refractivity contribution in [1.29, 1.82) is 0 Å². The lowest BCUT2D eigenvalue weighted by molar-refractivity contribution is -0.140. The Labute approximate surface area is 184 Å². The molecule has 170 valence electrons. The predicted molar refractivity (Wildman–Crippen MR) is 118 cm³/mol. The van der Waals surface area contributed by atoms with E-state index in [0.717, 1.165) is 11.8 Å². The highest BCUT2D eigenvalue weighted by Gasteiger charge is 2.33. The molecule has 3 aromatic rings. The fraction of sp³-hybridized carbons (Fsp3) is 0.304. The van der Waals surface area contributed by atoms with Gasteiger partial charge in [0, 0.05) is 37.3 Å². The second-order valence-corrected chi connectivity index (χ2v) is 7.34. The van der Waals surface area contributed by atoms with Crippen LogP contribution in [0.25, 0.3) is 10.9 Å². The fourth-order valence-corrected chi connectivity index (χ4v) is 3.48. The minimum atomic E-state index is -4.53. The minimum absolute atomic E-state index is 0.159. The molecule has 2 amide bonds. The first-order valence-electron chi connectivity index (χ1n) is 10.1. The van der Waals surface area contributed by atoms with Gasteiger partial charge in [-0.2, -0.15) is 13.2 Å². The number of rotatable bonds is 2. The second-order valence-electron chi connectivity index (χ2n) is 7.34. The number of hydrogen-bond donors (Lipinski definition) is 1. The van der Waals surface area contributed by atoms with E-state index in [4.69, 9.17) is 10.5 Å². The molecule has 0 atom stereocenters. The molecule has 0 saturated carbocycles. The Bertz CT molecular complexity index is 1070. The van der Waals surface area contributed by atoms with Gasteiger partial charge in [0.25, 0.3) is 0 Å². The molecule has 0 aliphatic carbocycles. The van der Waals surface area contributed by atoms with Gasteiger partial charge in [0.2, 0.25) is 0 Å². The van der Waals surface area contributed by atoms with E-state index in [0.29, 0.717) is 31.6 Å². The number of ether oxygens (including phenoxy) is 1. The maximum atomic E-state index is 13.0. The van der Waals surface area contributed by atoms with Crippen molar-refractivity contribution < 1.29 is 22.7 Å². The summed E-state index contributed by atoms with van der Waals surface area (Å²) < 4.78 is 44.1. The minimum Gasteiger partial charge on any atom is -0.494 e. The number of primary amides is 1. The Hall–Kier alpha value is -3.49. The van der Waals surface area contributed by atoms with E-state index in [1.165, 1.54) is 23.6 Å². The number of fused-ring (bicyclic) bond motifs is 1. The highest BCUT2D eigenvalue weighted by Crippen LogP contribution is 2.36. The van der Waals surface area contributed by atoms with Gasteiger partial charge >= 0.3 is 12.2 Å². The number of amides is 2. The summed E-state index contributed by atoms with van der Waals surface area (Å²) in [7, 11) is 1.39. The summed E-state index contributed by atoms with van der Waals surface area (Å²) >= 11 is 0. The van der Waals surface area contributed by atoms with E-state index in [-0.39, 0.29) is 11.3 Å². The van der Waals surface area contributed by atoms with Gasteiger partial charge in [0.15, 0.2) is 0 Å². The van der Waals surface area contributed by atoms with Crippen molar-refractivity contribution in [1.82, 2.24) is 9.88 Å². The van der Waals surface area contributed by atoms with Crippen LogP contribution in [0.1, 0.15) is 11.3 Å². The van der Waals surface area contributed by atoms with E-state index in [1.54, 1.807) is 12.1 Å². The molecule has 0 bridgehead atoms. The fourth-order valence-electron chi connectivity index (χ4n) is 3.48. The number of anilines is 1. The van der Waals surface area contributed by atoms with Crippen molar-refractivity contribution in [2.45, 2.75) is 13.1 Å². The van der Waals surface area contributed by atoms with Crippen LogP contribution in [-0.4, -0.2) is 49.2 Å². The molecule has 6 nitrogen and oxygen atoms in total. The molecule has 0 unspecified atom stereocenters. The van der Waals surface area contributed by atoms with Gasteiger partial charge in [0.1, 0.15) is 17.0 Å². The van der Waals surface area contributed by atoms with Crippen LogP contribution in [0.4, 0.5) is 23.7 Å². The third-order valence-corrected chi connectivity index (χ3v) is 5.18. The van der Waals surface area contributed by atoms with Crippen LogP contribution in [0.2, 0.25) is 0 Å². The van der Waals surface area contributed by atoms with Crippen molar-refractivity contribution >= 4 is 22.6 Å². The third-order valence-electron chi connectivity index (χ3n) is 5.18. The van der Waals surface area contributed by atoms with Crippen molar-refractivity contribution in [3.63, 3.8) is 0 Å². The lowest BCUT2D eigenvalue weighted by atomic mass is 10.1. The van der Waals surface area contributed by atoms with Crippen molar-refractivity contribution in [2.24, 2.45) is 5.73 Å². The number of nitrogens with two attached hydrogens (primary N) is 1. The number of halogens is 3. The zero-order valence-corrected chi connectivity index (χ0v) is 17.9. The van der Waals surface area contributed by atoms with Crippen LogP contribution >= 0.6 is 0 Å². The molecule has 1 aromatic heterocycles. The predicted octanol–water partition coefficient (Wildman–Crippen LogP) is 4.46. The van der Waals surface area contributed by atoms with Crippen molar-refractivity contribution in [3.8, 4) is 5.75 Å². The largest absolute Gasteiger partial charge is 0.494 e. The molecule has 1 saturated heterocycles. The molecule has 1 fully saturated rings. The average molecular weight is 446 g/mol. The number of alkyl halides is 3. The first-order valence-corrected chi connectivity index (χ1v) is 10.1. The van der Waals surface area contributed by atoms with Crippen LogP contribution in [-0.2, 0) is 6.18 Å². The number of piperazine rings is 1. The number of carbonyl (C=O) groups is 1. The number of nitrogens with zero attached hydrogens (tertiary/aromatic N) is 3. The lowest BCUT2D eigenvalue weighted by Gasteiger charge is -2.35. The molecule has 9 heteroatoms. The SMILES string of the molecule is COc1ccc(N2CCN(C(N)=O)CC2)c2ccc(C(F)(F)F)nc12.Cc1ccccc1. The molecular weight excluding hydrogens is 421 g/mol. The molecule has 1 aliphatic rings. The van der Waals surface area contributed by atoms with Crippen LogP contribution in [0.3, 0.4) is 0 Å². The Morgan fingerprint density at radius 1 is 1.00 bits per heavy atom. The van der Waals surface area contributed by atoms with Gasteiger partial charge < -0.3 is 20.3 Å². The molecule has 32 heavy (non-hydrogen) atoms. The number of aromatic nitrogens is 1. The molecule has 0 radical (unpaired) electrons. The van der Waals surface area contributed by atoms with E-state index >= 15 is 0 Å². The second kappa shape index (κ2) is 9.76. The Morgan fingerprint density at radius 2 is 1.66 bits per heavy atom. The maximum Gasteiger partial charge on any atom is 0.433 e. The van der Waals surface area contributed by atoms with E-state index < -0.39 is 17.9 Å². The summed E-state index contributed by atoms with van der Waals surface area (Å²) in [6, 6.07) is 15.5. The highest BCUT2D eigenvalue weighted by molar-refractivity contribution is 5.96. The number of pyridine rings is 1. The first kappa shape index (κ1) is 23.2. The Morgan fingerprint density at radius 3 is 2.16 bits per heavy atom. The standard InChI is InChI=1S/C16H17F3N4O2.C7H8/c1-25-12-4-3-11(22-6-8-23(9-7-22)15(20)24)10-2-5-13(16(17,18)19)21-14(10)12;1-7-5-3-2-4-6-7/h2-5H,6-9H2,1H3,(H2,20,24);2-6H,1H3. The molecule has 0 spiro atoms. The van der Waals surface area contributed by atoms with Crippen molar-refractivity contribution in [3.05, 3.63) is 65.9 Å². The summed E-state index contributed by atoms with van der Waals surface area (Å²) in [5, 5.41) is 0.569. The summed E-state index contributed by atoms with van der Waals surface area (Å²) in [5.74, 6) is 0.278. The zero-order valence-electron chi connectivity index (χ0n) is 17.9. The van der Waals surface area contributed by atoms with E-state index in [2.05, 4.69) is 24.0 Å². The summed E-state index contributed by atoms with van der Waals surface area (Å²) in [5.41, 5.74) is 6.54. The molecule has 2 aromatic carbocycles. The van der Waals surface area contributed by atoms with Crippen LogP contribution < -0.4 is 15.4 Å². The average Bonchev–Trinajstić information content (AvgIpc) is 2.78. The number of urea groups is 1. The third kappa shape index (κ3) is 5.40. The molecule has 2 N–H and O–H groups in total. The quantitative estimate of drug-likeness (QED) is 0.631. The van der Waals surface area contributed by atoms with Crippen LogP contribution in [0, 0.1) is 6.92 Å². The molecule has 4 rings (SSSR count). The summed E-state index contributed by atoms with van der Waals surface area (Å²) in [6.07, 6.45) is -4.53. The van der Waals surface area contributed by atoms with E-state index in [9.17, 15) is 18.0 Å². The smallest absolute Gasteiger partial charge is 0.433 e. The van der Waals surface area contributed by atoms with Crippen LogP contribution in [0.15, 0.2) is 54.6 Å². The summed E-state index contributed by atoms with van der Waals surface area (Å²) in [6.45, 7) is 4.06. The van der Waals surface area contributed by atoms with E-state index in [1.807, 2.05) is 23.1 Å². The number of methoxy groups -OCH3 is 1. The van der Waals surface area contributed by atoms with Crippen molar-refractivity contribution in [2.75, 3.05) is 38.2 Å².